The van der Waals surface area contributed by atoms with Crippen molar-refractivity contribution < 1.29 is 9.90 Å². The summed E-state index contributed by atoms with van der Waals surface area (Å²) in [6.45, 7) is 4.62. The van der Waals surface area contributed by atoms with Crippen molar-refractivity contribution in [1.29, 1.82) is 0 Å². The van der Waals surface area contributed by atoms with E-state index in [0.717, 1.165) is 31.5 Å². The van der Waals surface area contributed by atoms with Crippen LogP contribution in [0.15, 0.2) is 42.6 Å². The van der Waals surface area contributed by atoms with Gasteiger partial charge in [-0.25, -0.2) is 0 Å². The number of nitrogens with zero attached hydrogens (tertiary/aromatic N) is 3. The first-order valence-corrected chi connectivity index (χ1v) is 9.44. The van der Waals surface area contributed by atoms with Gasteiger partial charge in [-0.3, -0.25) is 9.48 Å². The first-order valence-electron chi connectivity index (χ1n) is 9.44. The van der Waals surface area contributed by atoms with Gasteiger partial charge >= 0.3 is 0 Å². The molecule has 26 heavy (non-hydrogen) atoms. The summed E-state index contributed by atoms with van der Waals surface area (Å²) < 4.78 is 1.90. The lowest BCUT2D eigenvalue weighted by atomic mass is 10.1. The van der Waals surface area contributed by atoms with Crippen LogP contribution in [0.5, 0.6) is 0 Å². The van der Waals surface area contributed by atoms with E-state index in [4.69, 9.17) is 0 Å². The largest absolute Gasteiger partial charge is 0.391 e. The van der Waals surface area contributed by atoms with Crippen LogP contribution in [0.2, 0.25) is 0 Å². The molecule has 1 saturated heterocycles. The molecule has 6 heteroatoms. The van der Waals surface area contributed by atoms with E-state index >= 15 is 0 Å². The number of piperidine rings is 1. The summed E-state index contributed by atoms with van der Waals surface area (Å²) in [4.78, 5) is 14.7. The normalized spacial score (nSPS) is 18.5. The number of aromatic nitrogens is 2. The number of nitrogens with one attached hydrogen (secondary N) is 1. The van der Waals surface area contributed by atoms with Crippen LogP contribution in [0.3, 0.4) is 0 Å². The number of amides is 1. The maximum Gasteiger partial charge on any atom is 0.274 e. The maximum atomic E-state index is 13.0. The van der Waals surface area contributed by atoms with Gasteiger partial charge < -0.3 is 15.3 Å². The lowest BCUT2D eigenvalue weighted by Crippen LogP contribution is -2.37. The number of carbonyl (C=O) groups excluding carboxylic acids is 1. The monoisotopic (exact) mass is 356 g/mol. The average molecular weight is 356 g/mol. The summed E-state index contributed by atoms with van der Waals surface area (Å²) in [5, 5.41) is 18.0. The summed E-state index contributed by atoms with van der Waals surface area (Å²) >= 11 is 0. The van der Waals surface area contributed by atoms with Gasteiger partial charge in [0.15, 0.2) is 0 Å². The van der Waals surface area contributed by atoms with Gasteiger partial charge in [0.2, 0.25) is 0 Å². The Morgan fingerprint density at radius 3 is 2.88 bits per heavy atom. The van der Waals surface area contributed by atoms with Crippen molar-refractivity contribution >= 4 is 5.91 Å². The minimum atomic E-state index is -0.535. The molecule has 0 aliphatic carbocycles. The number of aliphatic hydroxyl groups excluding tert-OH is 1. The molecular formula is C20H28N4O2. The molecule has 0 saturated carbocycles. The van der Waals surface area contributed by atoms with Crippen LogP contribution in [-0.2, 0) is 6.54 Å². The SMILES string of the molecule is CCC(O)CN(Cc1ccccc1)C(=O)c1ccn(C2CCCNC2)n1. The average Bonchev–Trinajstić information content (AvgIpc) is 3.18. The van der Waals surface area contributed by atoms with Crippen molar-refractivity contribution in [3.05, 3.63) is 53.9 Å². The zero-order valence-electron chi connectivity index (χ0n) is 15.3. The third kappa shape index (κ3) is 4.71. The zero-order valence-corrected chi connectivity index (χ0v) is 15.3. The second-order valence-electron chi connectivity index (χ2n) is 6.91. The van der Waals surface area contributed by atoms with Crippen molar-refractivity contribution in [1.82, 2.24) is 20.0 Å². The molecule has 0 bridgehead atoms. The van der Waals surface area contributed by atoms with Crippen LogP contribution in [-0.4, -0.2) is 51.4 Å². The molecule has 1 aromatic heterocycles. The predicted molar refractivity (Wildman–Crippen MR) is 101 cm³/mol. The lowest BCUT2D eigenvalue weighted by Gasteiger charge is -2.25. The molecule has 0 radical (unpaired) electrons. The summed E-state index contributed by atoms with van der Waals surface area (Å²) in [5.41, 5.74) is 1.48. The second-order valence-corrected chi connectivity index (χ2v) is 6.91. The summed E-state index contributed by atoms with van der Waals surface area (Å²) in [5.74, 6) is -0.135. The third-order valence-electron chi connectivity index (χ3n) is 4.88. The molecule has 2 aromatic rings. The number of hydrogen-bond acceptors (Lipinski definition) is 4. The van der Waals surface area contributed by atoms with Crippen molar-refractivity contribution in [3.8, 4) is 0 Å². The van der Waals surface area contributed by atoms with Crippen LogP contribution in [0.4, 0.5) is 0 Å². The fourth-order valence-electron chi connectivity index (χ4n) is 3.28. The highest BCUT2D eigenvalue weighted by molar-refractivity contribution is 5.92. The molecular weight excluding hydrogens is 328 g/mol. The van der Waals surface area contributed by atoms with Crippen LogP contribution in [0, 0.1) is 0 Å². The van der Waals surface area contributed by atoms with Gasteiger partial charge in [0.05, 0.1) is 12.1 Å². The Bertz CT molecular complexity index is 695. The van der Waals surface area contributed by atoms with E-state index in [-0.39, 0.29) is 5.91 Å². The second kappa shape index (κ2) is 8.96. The van der Waals surface area contributed by atoms with E-state index in [2.05, 4.69) is 10.4 Å². The molecule has 1 aliphatic heterocycles. The van der Waals surface area contributed by atoms with Crippen molar-refractivity contribution in [2.45, 2.75) is 44.9 Å². The maximum absolute atomic E-state index is 13.0. The summed E-state index contributed by atoms with van der Waals surface area (Å²) in [6, 6.07) is 11.9. The highest BCUT2D eigenvalue weighted by Crippen LogP contribution is 2.17. The van der Waals surface area contributed by atoms with Gasteiger partial charge in [-0.2, -0.15) is 5.10 Å². The quantitative estimate of drug-likeness (QED) is 0.798. The fourth-order valence-corrected chi connectivity index (χ4v) is 3.28. The van der Waals surface area contributed by atoms with E-state index in [1.54, 1.807) is 11.0 Å². The number of hydrogen-bond donors (Lipinski definition) is 2. The highest BCUT2D eigenvalue weighted by Gasteiger charge is 2.23. The van der Waals surface area contributed by atoms with E-state index in [1.165, 1.54) is 0 Å². The Balaban J connectivity index is 1.74. The smallest absolute Gasteiger partial charge is 0.274 e. The molecule has 2 N–H and O–H groups in total. The molecule has 6 nitrogen and oxygen atoms in total. The molecule has 140 valence electrons. The third-order valence-corrected chi connectivity index (χ3v) is 4.88. The van der Waals surface area contributed by atoms with Gasteiger partial charge in [0.25, 0.3) is 5.91 Å². The van der Waals surface area contributed by atoms with Crippen molar-refractivity contribution in [3.63, 3.8) is 0 Å². The number of aliphatic hydroxyl groups is 1. The standard InChI is InChI=1S/C20H28N4O2/c1-2-18(25)15-23(14-16-7-4-3-5-8-16)20(26)19-10-12-24(22-19)17-9-6-11-21-13-17/h3-5,7-8,10,12,17-18,21,25H,2,6,9,11,13-15H2,1H3. The van der Waals surface area contributed by atoms with Crippen LogP contribution in [0.1, 0.15) is 48.3 Å². The number of rotatable bonds is 7. The minimum absolute atomic E-state index is 0.135. The topological polar surface area (TPSA) is 70.4 Å². The molecule has 2 unspecified atom stereocenters. The Kier molecular flexibility index (Phi) is 6.41. The van der Waals surface area contributed by atoms with Gasteiger partial charge in [-0.05, 0) is 37.4 Å². The summed E-state index contributed by atoms with van der Waals surface area (Å²) in [6.07, 6.45) is 4.16. The van der Waals surface area contributed by atoms with Gasteiger partial charge in [0.1, 0.15) is 5.69 Å². The Hall–Kier alpha value is -2.18. The van der Waals surface area contributed by atoms with E-state index < -0.39 is 6.10 Å². The highest BCUT2D eigenvalue weighted by atomic mass is 16.3. The number of carbonyl (C=O) groups is 1. The molecule has 3 rings (SSSR count). The molecule has 0 spiro atoms. The molecule has 2 atom stereocenters. The Morgan fingerprint density at radius 1 is 1.38 bits per heavy atom. The summed E-state index contributed by atoms with van der Waals surface area (Å²) in [7, 11) is 0. The first-order chi connectivity index (χ1) is 12.7. The van der Waals surface area contributed by atoms with Gasteiger partial charge in [0, 0.05) is 25.8 Å². The van der Waals surface area contributed by atoms with Crippen molar-refractivity contribution in [2.24, 2.45) is 0 Å². The molecule has 2 heterocycles. The molecule has 1 aliphatic rings. The van der Waals surface area contributed by atoms with Crippen LogP contribution < -0.4 is 5.32 Å². The van der Waals surface area contributed by atoms with E-state index in [0.29, 0.717) is 31.2 Å². The Labute approximate surface area is 154 Å². The van der Waals surface area contributed by atoms with Gasteiger partial charge in [-0.1, -0.05) is 37.3 Å². The molecule has 1 fully saturated rings. The molecule has 1 aromatic carbocycles. The van der Waals surface area contributed by atoms with E-state index in [1.807, 2.05) is 48.1 Å². The molecule has 1 amide bonds. The Morgan fingerprint density at radius 2 is 2.19 bits per heavy atom. The van der Waals surface area contributed by atoms with Gasteiger partial charge in [-0.15, -0.1) is 0 Å². The van der Waals surface area contributed by atoms with Crippen LogP contribution in [0.25, 0.3) is 0 Å². The predicted octanol–water partition coefficient (Wildman–Crippen LogP) is 2.22. The van der Waals surface area contributed by atoms with Crippen molar-refractivity contribution in [2.75, 3.05) is 19.6 Å². The lowest BCUT2D eigenvalue weighted by molar-refractivity contribution is 0.0592. The van der Waals surface area contributed by atoms with Crippen LogP contribution >= 0.6 is 0 Å². The van der Waals surface area contributed by atoms with E-state index in [9.17, 15) is 9.90 Å². The fraction of sp³-hybridized carbons (Fsp3) is 0.500. The number of benzene rings is 1. The zero-order chi connectivity index (χ0) is 18.4. The first kappa shape index (κ1) is 18.6. The minimum Gasteiger partial charge on any atom is -0.391 e.